The van der Waals surface area contributed by atoms with Crippen LogP contribution >= 0.6 is 0 Å². The van der Waals surface area contributed by atoms with E-state index in [1.807, 2.05) is 0 Å². The lowest BCUT2D eigenvalue weighted by atomic mass is 9.95. The lowest BCUT2D eigenvalue weighted by molar-refractivity contribution is -0.137. The highest BCUT2D eigenvalue weighted by Crippen LogP contribution is 2.72. The molecule has 5 heteroatoms. The van der Waals surface area contributed by atoms with Crippen molar-refractivity contribution in [2.24, 2.45) is 22.6 Å². The van der Waals surface area contributed by atoms with Gasteiger partial charge in [0.05, 0.1) is 5.56 Å². The average molecular weight is 286 g/mol. The summed E-state index contributed by atoms with van der Waals surface area (Å²) in [5, 5.41) is 0. The largest absolute Gasteiger partial charge is 0.416 e. The molecule has 0 amide bonds. The van der Waals surface area contributed by atoms with Crippen LogP contribution in [0, 0.1) is 16.7 Å². The molecule has 0 spiro atoms. The van der Waals surface area contributed by atoms with Crippen LogP contribution in [0.5, 0.6) is 0 Å². The molecule has 1 aliphatic rings. The number of hydrogen-bond donors (Lipinski definition) is 2. The molecule has 2 nitrogen and oxygen atoms in total. The molecule has 20 heavy (non-hydrogen) atoms. The lowest BCUT2D eigenvalue weighted by Crippen LogP contribution is -2.31. The van der Waals surface area contributed by atoms with Gasteiger partial charge in [-0.15, -0.1) is 0 Å². The summed E-state index contributed by atoms with van der Waals surface area (Å²) >= 11 is 0. The maximum atomic E-state index is 12.8. The molecule has 0 radical (unpaired) electrons. The van der Waals surface area contributed by atoms with Gasteiger partial charge in [-0.3, -0.25) is 11.3 Å². The van der Waals surface area contributed by atoms with Gasteiger partial charge in [0.25, 0.3) is 0 Å². The van der Waals surface area contributed by atoms with E-state index in [9.17, 15) is 13.2 Å². The molecular weight excluding hydrogens is 265 g/mol. The molecule has 3 N–H and O–H groups in total. The molecular formula is C15H21F3N2. The third kappa shape index (κ3) is 2.23. The predicted octanol–water partition coefficient (Wildman–Crippen LogP) is 3.89. The van der Waals surface area contributed by atoms with E-state index >= 15 is 0 Å². The molecule has 0 heterocycles. The maximum absolute atomic E-state index is 12.8. The summed E-state index contributed by atoms with van der Waals surface area (Å²) in [4.78, 5) is 0. The van der Waals surface area contributed by atoms with Crippen LogP contribution in [-0.4, -0.2) is 0 Å². The summed E-state index contributed by atoms with van der Waals surface area (Å²) in [5.74, 6) is 5.81. The monoisotopic (exact) mass is 286 g/mol. The molecule has 1 unspecified atom stereocenters. The van der Waals surface area contributed by atoms with Gasteiger partial charge in [-0.25, -0.2) is 0 Å². The number of nitrogens with two attached hydrogens (primary N) is 1. The Hall–Kier alpha value is -1.07. The standard InChI is InChI=1S/C15H21F3N2/c1-13(2)12(14(13,3)4)11(20-19)9-6-5-7-10(8-9)15(16,17)18/h5-8,11-12,20H,19H2,1-4H3. The third-order valence-electron chi connectivity index (χ3n) is 5.22. The van der Waals surface area contributed by atoms with Crippen molar-refractivity contribution >= 4 is 0 Å². The van der Waals surface area contributed by atoms with Gasteiger partial charge in [0.1, 0.15) is 0 Å². The summed E-state index contributed by atoms with van der Waals surface area (Å²) in [5.41, 5.74) is 2.74. The summed E-state index contributed by atoms with van der Waals surface area (Å²) < 4.78 is 38.4. The first-order valence-electron chi connectivity index (χ1n) is 6.67. The second-order valence-corrected chi connectivity index (χ2v) is 6.69. The quantitative estimate of drug-likeness (QED) is 0.653. The first kappa shape index (κ1) is 15.3. The van der Waals surface area contributed by atoms with Crippen molar-refractivity contribution in [1.82, 2.24) is 5.43 Å². The molecule has 1 atom stereocenters. The number of halogens is 3. The second-order valence-electron chi connectivity index (χ2n) is 6.69. The summed E-state index contributed by atoms with van der Waals surface area (Å²) in [6, 6.07) is 5.13. The SMILES string of the molecule is CC1(C)C(C(NN)c2cccc(C(F)(F)F)c2)C1(C)C. The van der Waals surface area contributed by atoms with Gasteiger partial charge in [-0.05, 0) is 34.4 Å². The number of alkyl halides is 3. The van der Waals surface area contributed by atoms with Crippen molar-refractivity contribution in [3.63, 3.8) is 0 Å². The highest BCUT2D eigenvalue weighted by atomic mass is 19.4. The van der Waals surface area contributed by atoms with Crippen LogP contribution in [0.15, 0.2) is 24.3 Å². The zero-order valence-corrected chi connectivity index (χ0v) is 12.2. The minimum absolute atomic E-state index is 0.0400. The molecule has 1 aromatic carbocycles. The fourth-order valence-electron chi connectivity index (χ4n) is 3.37. The molecule has 0 bridgehead atoms. The zero-order chi connectivity index (χ0) is 15.3. The molecule has 0 aliphatic heterocycles. The number of nitrogens with one attached hydrogen (secondary N) is 1. The van der Waals surface area contributed by atoms with Gasteiger partial charge in [-0.1, -0.05) is 39.8 Å². The predicted molar refractivity (Wildman–Crippen MR) is 72.6 cm³/mol. The molecule has 112 valence electrons. The Morgan fingerprint density at radius 1 is 1.15 bits per heavy atom. The fourth-order valence-corrected chi connectivity index (χ4v) is 3.37. The van der Waals surface area contributed by atoms with Gasteiger partial charge in [0.15, 0.2) is 0 Å². The molecule has 0 aromatic heterocycles. The first-order valence-corrected chi connectivity index (χ1v) is 6.67. The van der Waals surface area contributed by atoms with Gasteiger partial charge in [0, 0.05) is 6.04 Å². The zero-order valence-electron chi connectivity index (χ0n) is 12.2. The smallest absolute Gasteiger partial charge is 0.271 e. The van der Waals surface area contributed by atoms with Crippen molar-refractivity contribution in [3.8, 4) is 0 Å². The van der Waals surface area contributed by atoms with Gasteiger partial charge in [-0.2, -0.15) is 13.2 Å². The van der Waals surface area contributed by atoms with Crippen LogP contribution in [-0.2, 0) is 6.18 Å². The van der Waals surface area contributed by atoms with Crippen molar-refractivity contribution in [1.29, 1.82) is 0 Å². The normalized spacial score (nSPS) is 22.6. The Bertz CT molecular complexity index is 492. The van der Waals surface area contributed by atoms with Crippen LogP contribution < -0.4 is 11.3 Å². The number of rotatable bonds is 3. The van der Waals surface area contributed by atoms with E-state index in [1.54, 1.807) is 6.07 Å². The molecule has 1 fully saturated rings. The summed E-state index contributed by atoms with van der Waals surface area (Å²) in [6.07, 6.45) is -4.33. The topological polar surface area (TPSA) is 38.0 Å². The highest BCUT2D eigenvalue weighted by Gasteiger charge is 2.67. The molecule has 1 aliphatic carbocycles. The minimum Gasteiger partial charge on any atom is -0.271 e. The van der Waals surface area contributed by atoms with E-state index in [2.05, 4.69) is 33.1 Å². The number of benzene rings is 1. The fraction of sp³-hybridized carbons (Fsp3) is 0.600. The van der Waals surface area contributed by atoms with Crippen molar-refractivity contribution in [2.75, 3.05) is 0 Å². The van der Waals surface area contributed by atoms with Crippen LogP contribution in [0.4, 0.5) is 13.2 Å². The third-order valence-corrected chi connectivity index (χ3v) is 5.22. The van der Waals surface area contributed by atoms with E-state index in [4.69, 9.17) is 5.84 Å². The maximum Gasteiger partial charge on any atom is 0.416 e. The van der Waals surface area contributed by atoms with Gasteiger partial charge >= 0.3 is 6.18 Å². The van der Waals surface area contributed by atoms with Crippen LogP contribution in [0.1, 0.15) is 44.9 Å². The van der Waals surface area contributed by atoms with E-state index < -0.39 is 11.7 Å². The molecule has 1 aromatic rings. The Labute approximate surface area is 117 Å². The Morgan fingerprint density at radius 3 is 2.10 bits per heavy atom. The summed E-state index contributed by atoms with van der Waals surface area (Å²) in [7, 11) is 0. The van der Waals surface area contributed by atoms with Gasteiger partial charge in [0.2, 0.25) is 0 Å². The van der Waals surface area contributed by atoms with E-state index in [1.165, 1.54) is 12.1 Å². The highest BCUT2D eigenvalue weighted by molar-refractivity contribution is 5.32. The van der Waals surface area contributed by atoms with E-state index in [0.29, 0.717) is 5.56 Å². The minimum atomic E-state index is -4.33. The van der Waals surface area contributed by atoms with E-state index in [0.717, 1.165) is 6.07 Å². The molecule has 1 saturated carbocycles. The van der Waals surface area contributed by atoms with Crippen LogP contribution in [0.3, 0.4) is 0 Å². The summed E-state index contributed by atoms with van der Waals surface area (Å²) in [6.45, 7) is 8.48. The second kappa shape index (κ2) is 4.46. The van der Waals surface area contributed by atoms with Crippen LogP contribution in [0.2, 0.25) is 0 Å². The van der Waals surface area contributed by atoms with Crippen molar-refractivity contribution in [3.05, 3.63) is 35.4 Å². The average Bonchev–Trinajstić information content (AvgIpc) is 2.72. The number of hydrogen-bond acceptors (Lipinski definition) is 2. The molecule has 0 saturated heterocycles. The van der Waals surface area contributed by atoms with Crippen molar-refractivity contribution in [2.45, 2.75) is 39.9 Å². The van der Waals surface area contributed by atoms with Crippen LogP contribution in [0.25, 0.3) is 0 Å². The van der Waals surface area contributed by atoms with Gasteiger partial charge < -0.3 is 0 Å². The Morgan fingerprint density at radius 2 is 1.70 bits per heavy atom. The van der Waals surface area contributed by atoms with E-state index in [-0.39, 0.29) is 22.8 Å². The number of hydrazine groups is 1. The Kier molecular flexibility index (Phi) is 3.42. The first-order chi connectivity index (χ1) is 9.03. The molecule has 2 rings (SSSR count). The Balaban J connectivity index is 2.35. The lowest BCUT2D eigenvalue weighted by Gasteiger charge is -2.20. The van der Waals surface area contributed by atoms with Crippen molar-refractivity contribution < 1.29 is 13.2 Å².